The van der Waals surface area contributed by atoms with Crippen LogP contribution >= 0.6 is 0 Å². The van der Waals surface area contributed by atoms with Crippen molar-refractivity contribution in [1.29, 1.82) is 0 Å². The molecule has 0 unspecified atom stereocenters. The normalized spacial score (nSPS) is 10.7. The third kappa shape index (κ3) is 3.32. The summed E-state index contributed by atoms with van der Waals surface area (Å²) < 4.78 is 37.0. The van der Waals surface area contributed by atoms with Crippen molar-refractivity contribution < 1.29 is 27.6 Å². The average Bonchev–Trinajstić information content (AvgIpc) is 2.99. The lowest BCUT2D eigenvalue weighted by atomic mass is 10.1. The van der Waals surface area contributed by atoms with Gasteiger partial charge in [0.05, 0.1) is 24.8 Å². The number of nitrogens with zero attached hydrogens (tertiary/aromatic N) is 1. The molecule has 1 heterocycles. The Bertz CT molecular complexity index is 968. The lowest BCUT2D eigenvalue weighted by Gasteiger charge is -2.08. The Morgan fingerprint density at radius 2 is 1.96 bits per heavy atom. The first-order chi connectivity index (χ1) is 12.0. The van der Waals surface area contributed by atoms with Crippen LogP contribution in [0.4, 0.5) is 14.5 Å². The molecule has 0 atom stereocenters. The van der Waals surface area contributed by atoms with E-state index in [4.69, 9.17) is 4.52 Å². The van der Waals surface area contributed by atoms with E-state index in [0.717, 1.165) is 13.2 Å². The van der Waals surface area contributed by atoms with Gasteiger partial charge in [0.2, 0.25) is 5.91 Å². The Kier molecular flexibility index (Phi) is 4.42. The van der Waals surface area contributed by atoms with Crippen LogP contribution in [0.5, 0.6) is 0 Å². The zero-order valence-electron chi connectivity index (χ0n) is 13.0. The van der Waals surface area contributed by atoms with Crippen molar-refractivity contribution in [2.75, 3.05) is 12.4 Å². The maximum absolute atomic E-state index is 13.8. The summed E-state index contributed by atoms with van der Waals surface area (Å²) in [6, 6.07) is 8.36. The van der Waals surface area contributed by atoms with Crippen LogP contribution < -0.4 is 5.32 Å². The molecule has 2 aromatic carbocycles. The molecule has 1 amide bonds. The van der Waals surface area contributed by atoms with Crippen molar-refractivity contribution in [3.05, 3.63) is 59.3 Å². The minimum Gasteiger partial charge on any atom is -0.465 e. The smallest absolute Gasteiger partial charge is 0.340 e. The minimum absolute atomic E-state index is 0.179. The zero-order valence-corrected chi connectivity index (χ0v) is 13.0. The minimum atomic E-state index is -1.08. The van der Waals surface area contributed by atoms with Crippen LogP contribution in [0.3, 0.4) is 0 Å². The van der Waals surface area contributed by atoms with E-state index in [9.17, 15) is 18.4 Å². The second kappa shape index (κ2) is 6.68. The van der Waals surface area contributed by atoms with Crippen LogP contribution in [-0.4, -0.2) is 24.1 Å². The summed E-state index contributed by atoms with van der Waals surface area (Å²) in [6.45, 7) is 0. The molecular weight excluding hydrogens is 334 g/mol. The summed E-state index contributed by atoms with van der Waals surface area (Å²) in [4.78, 5) is 23.6. The van der Waals surface area contributed by atoms with Gasteiger partial charge in [0.1, 0.15) is 17.3 Å². The van der Waals surface area contributed by atoms with E-state index in [-0.39, 0.29) is 12.1 Å². The van der Waals surface area contributed by atoms with Crippen LogP contribution in [0.25, 0.3) is 11.0 Å². The van der Waals surface area contributed by atoms with Crippen LogP contribution in [0, 0.1) is 11.6 Å². The molecule has 3 rings (SSSR count). The predicted molar refractivity (Wildman–Crippen MR) is 84.0 cm³/mol. The summed E-state index contributed by atoms with van der Waals surface area (Å²) in [5.41, 5.74) is 0.0840. The highest BCUT2D eigenvalue weighted by Gasteiger charge is 2.19. The van der Waals surface area contributed by atoms with Crippen molar-refractivity contribution >= 4 is 28.5 Å². The molecule has 0 bridgehead atoms. The third-order valence-corrected chi connectivity index (χ3v) is 3.52. The summed E-state index contributed by atoms with van der Waals surface area (Å²) >= 11 is 0. The monoisotopic (exact) mass is 346 g/mol. The standard InChI is InChI=1S/C17H12F2N2O4/c1-24-17(23)10-6-14(12(19)7-11(10)18)20-16(22)8-13-9-4-2-3-5-15(9)25-21-13/h2-7H,8H2,1H3,(H,20,22). The van der Waals surface area contributed by atoms with Gasteiger partial charge in [0.15, 0.2) is 5.58 Å². The quantitative estimate of drug-likeness (QED) is 0.734. The topological polar surface area (TPSA) is 81.4 Å². The summed E-state index contributed by atoms with van der Waals surface area (Å²) in [5.74, 6) is -3.66. The van der Waals surface area contributed by atoms with Crippen LogP contribution in [0.1, 0.15) is 16.1 Å². The van der Waals surface area contributed by atoms with Gasteiger partial charge >= 0.3 is 5.97 Å². The highest BCUT2D eigenvalue weighted by atomic mass is 19.1. The van der Waals surface area contributed by atoms with E-state index in [1.165, 1.54) is 0 Å². The molecule has 6 nitrogen and oxygen atoms in total. The van der Waals surface area contributed by atoms with E-state index in [0.29, 0.717) is 22.7 Å². The molecule has 0 saturated heterocycles. The lowest BCUT2D eigenvalue weighted by molar-refractivity contribution is -0.115. The molecule has 0 aliphatic heterocycles. The molecule has 1 N–H and O–H groups in total. The molecule has 1 aromatic heterocycles. The fourth-order valence-electron chi connectivity index (χ4n) is 2.32. The number of benzene rings is 2. The largest absolute Gasteiger partial charge is 0.465 e. The number of nitrogens with one attached hydrogen (secondary N) is 1. The van der Waals surface area contributed by atoms with E-state index >= 15 is 0 Å². The van der Waals surface area contributed by atoms with Gasteiger partial charge in [0, 0.05) is 11.5 Å². The number of rotatable bonds is 4. The fraction of sp³-hybridized carbons (Fsp3) is 0.118. The molecular formula is C17H12F2N2O4. The van der Waals surface area contributed by atoms with Gasteiger partial charge in [-0.05, 0) is 18.2 Å². The van der Waals surface area contributed by atoms with E-state index in [1.807, 2.05) is 0 Å². The average molecular weight is 346 g/mol. The van der Waals surface area contributed by atoms with Crippen molar-refractivity contribution in [2.24, 2.45) is 0 Å². The summed E-state index contributed by atoms with van der Waals surface area (Å²) in [6.07, 6.45) is -0.179. The first-order valence-corrected chi connectivity index (χ1v) is 7.20. The van der Waals surface area contributed by atoms with Crippen molar-refractivity contribution in [3.63, 3.8) is 0 Å². The van der Waals surface area contributed by atoms with Crippen LogP contribution in [0.2, 0.25) is 0 Å². The van der Waals surface area contributed by atoms with Crippen LogP contribution in [0.15, 0.2) is 40.9 Å². The summed E-state index contributed by atoms with van der Waals surface area (Å²) in [5, 5.41) is 6.76. The van der Waals surface area contributed by atoms with Gasteiger partial charge < -0.3 is 14.6 Å². The second-order valence-corrected chi connectivity index (χ2v) is 5.15. The number of esters is 1. The Labute approximate surface area is 140 Å². The predicted octanol–water partition coefficient (Wildman–Crippen LogP) is 3.07. The van der Waals surface area contributed by atoms with Gasteiger partial charge in [-0.1, -0.05) is 17.3 Å². The highest BCUT2D eigenvalue weighted by molar-refractivity contribution is 5.97. The maximum atomic E-state index is 13.8. The Hall–Kier alpha value is -3.29. The molecule has 0 aliphatic rings. The molecule has 3 aromatic rings. The van der Waals surface area contributed by atoms with Crippen molar-refractivity contribution in [3.8, 4) is 0 Å². The number of amides is 1. The van der Waals surface area contributed by atoms with Crippen molar-refractivity contribution in [2.45, 2.75) is 6.42 Å². The Morgan fingerprint density at radius 1 is 1.20 bits per heavy atom. The SMILES string of the molecule is COC(=O)c1cc(NC(=O)Cc2noc3ccccc23)c(F)cc1F. The van der Waals surface area contributed by atoms with Gasteiger partial charge in [-0.25, -0.2) is 13.6 Å². The molecule has 0 saturated carbocycles. The number of para-hydroxylation sites is 1. The number of carbonyl (C=O) groups excluding carboxylic acids is 2. The molecule has 0 fully saturated rings. The molecule has 0 spiro atoms. The van der Waals surface area contributed by atoms with Gasteiger partial charge in [-0.2, -0.15) is 0 Å². The van der Waals surface area contributed by atoms with E-state index in [1.54, 1.807) is 24.3 Å². The maximum Gasteiger partial charge on any atom is 0.340 e. The first-order valence-electron chi connectivity index (χ1n) is 7.20. The number of ether oxygens (including phenoxy) is 1. The number of carbonyl (C=O) groups is 2. The number of aromatic nitrogens is 1. The van der Waals surface area contributed by atoms with Gasteiger partial charge in [-0.15, -0.1) is 0 Å². The zero-order chi connectivity index (χ0) is 18.0. The molecule has 8 heteroatoms. The number of hydrogen-bond acceptors (Lipinski definition) is 5. The van der Waals surface area contributed by atoms with Gasteiger partial charge in [0.25, 0.3) is 0 Å². The third-order valence-electron chi connectivity index (χ3n) is 3.52. The molecule has 0 radical (unpaired) electrons. The molecule has 0 aliphatic carbocycles. The van der Waals surface area contributed by atoms with Gasteiger partial charge in [-0.3, -0.25) is 4.79 Å². The van der Waals surface area contributed by atoms with E-state index in [2.05, 4.69) is 15.2 Å². The Balaban J connectivity index is 1.82. The first kappa shape index (κ1) is 16.6. The second-order valence-electron chi connectivity index (χ2n) is 5.15. The molecule has 128 valence electrons. The highest BCUT2D eigenvalue weighted by Crippen LogP contribution is 2.22. The molecule has 25 heavy (non-hydrogen) atoms. The van der Waals surface area contributed by atoms with E-state index < -0.39 is 29.1 Å². The Morgan fingerprint density at radius 3 is 2.72 bits per heavy atom. The number of hydrogen-bond donors (Lipinski definition) is 1. The lowest BCUT2D eigenvalue weighted by Crippen LogP contribution is -2.17. The number of halogens is 2. The summed E-state index contributed by atoms with van der Waals surface area (Å²) in [7, 11) is 1.07. The fourth-order valence-corrected chi connectivity index (χ4v) is 2.32. The number of fused-ring (bicyclic) bond motifs is 1. The number of methoxy groups -OCH3 is 1. The van der Waals surface area contributed by atoms with Crippen LogP contribution in [-0.2, 0) is 16.0 Å². The number of anilines is 1. The van der Waals surface area contributed by atoms with Crippen molar-refractivity contribution in [1.82, 2.24) is 5.16 Å².